The van der Waals surface area contributed by atoms with Gasteiger partial charge in [-0.1, -0.05) is 30.3 Å². The highest BCUT2D eigenvalue weighted by atomic mass is 32.1. The molecule has 1 N–H and O–H groups in total. The third kappa shape index (κ3) is 5.79. The first-order chi connectivity index (χ1) is 16.8. The van der Waals surface area contributed by atoms with Gasteiger partial charge in [0.05, 0.1) is 12.2 Å². The van der Waals surface area contributed by atoms with Crippen LogP contribution in [0.25, 0.3) is 0 Å². The van der Waals surface area contributed by atoms with Crippen LogP contribution < -0.4 is 10.2 Å². The Balaban J connectivity index is 1.37. The van der Waals surface area contributed by atoms with E-state index in [2.05, 4.69) is 34.3 Å². The van der Waals surface area contributed by atoms with E-state index >= 15 is 0 Å². The van der Waals surface area contributed by atoms with Gasteiger partial charge in [-0.2, -0.15) is 0 Å². The summed E-state index contributed by atoms with van der Waals surface area (Å²) in [5.41, 5.74) is 2.96. The molecule has 0 atom stereocenters. The Kier molecular flexibility index (Phi) is 7.65. The number of hydrogen-bond acceptors (Lipinski definition) is 5. The lowest BCUT2D eigenvalue weighted by atomic mass is 10.1. The molecule has 0 unspecified atom stereocenters. The smallest absolute Gasteiger partial charge is 0.322 e. The summed E-state index contributed by atoms with van der Waals surface area (Å²) in [5, 5.41) is 5.03. The fourth-order valence-electron chi connectivity index (χ4n) is 4.10. The van der Waals surface area contributed by atoms with Crippen LogP contribution in [0.15, 0.2) is 53.9 Å². The first-order valence-electron chi connectivity index (χ1n) is 11.7. The Morgan fingerprint density at radius 3 is 2.46 bits per heavy atom. The van der Waals surface area contributed by atoms with Crippen molar-refractivity contribution in [2.75, 3.05) is 36.4 Å². The average Bonchev–Trinajstić information content (AvgIpc) is 3.32. The van der Waals surface area contributed by atoms with Crippen molar-refractivity contribution in [1.82, 2.24) is 14.8 Å². The third-order valence-corrected chi connectivity index (χ3v) is 6.93. The minimum absolute atomic E-state index is 0.0937. The van der Waals surface area contributed by atoms with Crippen LogP contribution in [0.5, 0.6) is 0 Å². The number of carbonyl (C=O) groups excluding carboxylic acids is 2. The molecule has 35 heavy (non-hydrogen) atoms. The molecule has 2 aromatic carbocycles. The van der Waals surface area contributed by atoms with Crippen molar-refractivity contribution >= 4 is 34.6 Å². The van der Waals surface area contributed by atoms with Crippen molar-refractivity contribution in [2.45, 2.75) is 33.4 Å². The fraction of sp³-hybridized carbons (Fsp3) is 0.346. The van der Waals surface area contributed by atoms with E-state index < -0.39 is 11.8 Å². The first-order valence-corrected chi connectivity index (χ1v) is 12.6. The number of rotatable bonds is 6. The molecule has 0 saturated carbocycles. The summed E-state index contributed by atoms with van der Waals surface area (Å²) in [6, 6.07) is 13.8. The molecule has 1 aliphatic rings. The summed E-state index contributed by atoms with van der Waals surface area (Å²) >= 11 is 1.35. The maximum Gasteiger partial charge on any atom is 0.322 e. The average molecular weight is 496 g/mol. The Morgan fingerprint density at radius 1 is 1.09 bits per heavy atom. The number of halogens is 1. The highest BCUT2D eigenvalue weighted by Gasteiger charge is 2.26. The molecule has 0 radical (unpaired) electrons. The van der Waals surface area contributed by atoms with E-state index in [0.717, 1.165) is 13.1 Å². The van der Waals surface area contributed by atoms with E-state index in [9.17, 15) is 14.0 Å². The molecule has 184 valence electrons. The van der Waals surface area contributed by atoms with Crippen molar-refractivity contribution in [3.05, 3.63) is 76.0 Å². The van der Waals surface area contributed by atoms with Crippen LogP contribution in [0.4, 0.5) is 20.6 Å². The Bertz CT molecular complexity index is 1190. The van der Waals surface area contributed by atoms with Crippen molar-refractivity contribution in [2.24, 2.45) is 0 Å². The maximum absolute atomic E-state index is 14.0. The molecular weight excluding hydrogens is 465 g/mol. The molecule has 0 spiro atoms. The number of urea groups is 1. The minimum Gasteiger partial charge on any atom is -0.368 e. The number of amides is 3. The van der Waals surface area contributed by atoms with Crippen LogP contribution in [0.2, 0.25) is 0 Å². The van der Waals surface area contributed by atoms with Crippen LogP contribution in [0, 0.1) is 12.7 Å². The molecule has 1 saturated heterocycles. The quantitative estimate of drug-likeness (QED) is 0.523. The molecule has 7 nitrogen and oxygen atoms in total. The van der Waals surface area contributed by atoms with Gasteiger partial charge in [-0.3, -0.25) is 4.79 Å². The van der Waals surface area contributed by atoms with Gasteiger partial charge in [-0.25, -0.2) is 14.2 Å². The summed E-state index contributed by atoms with van der Waals surface area (Å²) in [6.45, 7) is 8.89. The molecule has 0 aliphatic carbocycles. The number of nitrogens with one attached hydrogen (secondary N) is 1. The molecule has 1 fully saturated rings. The lowest BCUT2D eigenvalue weighted by Crippen LogP contribution is -2.49. The summed E-state index contributed by atoms with van der Waals surface area (Å²) in [6.07, 6.45) is 0. The van der Waals surface area contributed by atoms with Crippen LogP contribution in [-0.4, -0.2) is 58.9 Å². The predicted molar refractivity (Wildman–Crippen MR) is 138 cm³/mol. The van der Waals surface area contributed by atoms with Gasteiger partial charge >= 0.3 is 6.03 Å². The highest BCUT2D eigenvalue weighted by molar-refractivity contribution is 7.09. The lowest BCUT2D eigenvalue weighted by Gasteiger charge is -2.36. The van der Waals surface area contributed by atoms with Gasteiger partial charge in [0, 0.05) is 43.3 Å². The number of aryl methyl sites for hydroxylation is 1. The summed E-state index contributed by atoms with van der Waals surface area (Å²) < 4.78 is 14.0. The summed E-state index contributed by atoms with van der Waals surface area (Å²) in [5.74, 6) is -0.585. The Labute approximate surface area is 209 Å². The van der Waals surface area contributed by atoms with Crippen LogP contribution in [-0.2, 0) is 6.54 Å². The number of thiazole rings is 1. The number of hydrogen-bond donors (Lipinski definition) is 1. The standard InChI is InChI=1S/C26H30FN5O2S/c1-18(2)32(26(34)29-21-10-6-5-9-20(21)27)16-24-28-22(17-35-24)25(33)31-14-12-30(13-15-31)23-11-7-4-8-19(23)3/h4-11,17-18H,12-16H2,1-3H3,(H,29,34). The van der Waals surface area contributed by atoms with E-state index in [0.29, 0.717) is 23.8 Å². The van der Waals surface area contributed by atoms with E-state index in [1.807, 2.05) is 30.9 Å². The monoisotopic (exact) mass is 495 g/mol. The molecule has 3 aromatic rings. The minimum atomic E-state index is -0.491. The second kappa shape index (κ2) is 10.9. The van der Waals surface area contributed by atoms with Crippen LogP contribution in [0.3, 0.4) is 0 Å². The fourth-order valence-corrected chi connectivity index (χ4v) is 4.86. The summed E-state index contributed by atoms with van der Waals surface area (Å²) in [4.78, 5) is 36.1. The zero-order chi connectivity index (χ0) is 24.9. The predicted octanol–water partition coefficient (Wildman–Crippen LogP) is 5.00. The molecule has 3 amide bonds. The van der Waals surface area contributed by atoms with Gasteiger partial charge in [0.25, 0.3) is 5.91 Å². The molecule has 0 bridgehead atoms. The zero-order valence-corrected chi connectivity index (χ0v) is 21.0. The van der Waals surface area contributed by atoms with Crippen molar-refractivity contribution in [3.8, 4) is 0 Å². The number of benzene rings is 2. The topological polar surface area (TPSA) is 68.8 Å². The van der Waals surface area contributed by atoms with Crippen LogP contribution in [0.1, 0.15) is 34.9 Å². The van der Waals surface area contributed by atoms with Crippen LogP contribution >= 0.6 is 11.3 Å². The van der Waals surface area contributed by atoms with Crippen molar-refractivity contribution < 1.29 is 14.0 Å². The highest BCUT2D eigenvalue weighted by Crippen LogP contribution is 2.22. The molecule has 4 rings (SSSR count). The van der Waals surface area contributed by atoms with Gasteiger partial charge < -0.3 is 20.0 Å². The number of nitrogens with zero attached hydrogens (tertiary/aromatic N) is 4. The van der Waals surface area contributed by atoms with E-state index in [4.69, 9.17) is 0 Å². The molecule has 1 aliphatic heterocycles. The number of para-hydroxylation sites is 2. The van der Waals surface area contributed by atoms with Crippen molar-refractivity contribution in [3.63, 3.8) is 0 Å². The van der Waals surface area contributed by atoms with Gasteiger partial charge in [0.2, 0.25) is 0 Å². The van der Waals surface area contributed by atoms with Crippen molar-refractivity contribution in [1.29, 1.82) is 0 Å². The second-order valence-electron chi connectivity index (χ2n) is 8.82. The first kappa shape index (κ1) is 24.7. The number of carbonyl (C=O) groups is 2. The van der Waals surface area contributed by atoms with Gasteiger partial charge in [0.1, 0.15) is 16.5 Å². The Hall–Kier alpha value is -3.46. The summed E-state index contributed by atoms with van der Waals surface area (Å²) in [7, 11) is 0. The molecular formula is C26H30FN5O2S. The van der Waals surface area contributed by atoms with Gasteiger partial charge in [-0.15, -0.1) is 11.3 Å². The van der Waals surface area contributed by atoms with E-state index in [-0.39, 0.29) is 24.2 Å². The third-order valence-electron chi connectivity index (χ3n) is 6.10. The van der Waals surface area contributed by atoms with Gasteiger partial charge in [-0.05, 0) is 44.5 Å². The normalized spacial score (nSPS) is 13.7. The van der Waals surface area contributed by atoms with Gasteiger partial charge in [0.15, 0.2) is 0 Å². The Morgan fingerprint density at radius 2 is 1.77 bits per heavy atom. The van der Waals surface area contributed by atoms with E-state index in [1.54, 1.807) is 22.4 Å². The molecule has 1 aromatic heterocycles. The maximum atomic E-state index is 14.0. The largest absolute Gasteiger partial charge is 0.368 e. The number of piperazine rings is 1. The number of aromatic nitrogens is 1. The molecule has 9 heteroatoms. The molecule has 2 heterocycles. The SMILES string of the molecule is Cc1ccccc1N1CCN(C(=O)c2csc(CN(C(=O)Nc3ccccc3F)C(C)C)n2)CC1. The van der Waals surface area contributed by atoms with E-state index in [1.165, 1.54) is 34.7 Å². The lowest BCUT2D eigenvalue weighted by molar-refractivity contribution is 0.0741. The second-order valence-corrected chi connectivity index (χ2v) is 9.77. The zero-order valence-electron chi connectivity index (χ0n) is 20.2. The number of anilines is 2.